The molecule has 0 aliphatic heterocycles. The zero-order valence-electron chi connectivity index (χ0n) is 14.9. The lowest BCUT2D eigenvalue weighted by atomic mass is 10.1. The van der Waals surface area contributed by atoms with Gasteiger partial charge in [0.05, 0.1) is 5.69 Å². The Morgan fingerprint density at radius 3 is 2.48 bits per heavy atom. The first-order valence-corrected chi connectivity index (χ1v) is 9.24. The molecular weight excluding hydrogens is 365 g/mol. The molecule has 27 heavy (non-hydrogen) atoms. The number of rotatable bonds is 5. The number of esters is 1. The molecule has 0 unspecified atom stereocenters. The largest absolute Gasteiger partial charge is 0.448 e. The van der Waals surface area contributed by atoms with E-state index in [9.17, 15) is 14.0 Å². The molecule has 0 fully saturated rings. The highest BCUT2D eigenvalue weighted by Gasteiger charge is 2.23. The molecular formula is C21H18FNO3S. The Labute approximate surface area is 160 Å². The van der Waals surface area contributed by atoms with Gasteiger partial charge < -0.3 is 10.1 Å². The molecule has 0 saturated carbocycles. The van der Waals surface area contributed by atoms with Gasteiger partial charge in [-0.1, -0.05) is 42.0 Å². The van der Waals surface area contributed by atoms with E-state index in [1.165, 1.54) is 36.5 Å². The number of thiophene rings is 1. The van der Waals surface area contributed by atoms with E-state index in [-0.39, 0.29) is 5.69 Å². The van der Waals surface area contributed by atoms with E-state index < -0.39 is 23.8 Å². The number of benzene rings is 2. The summed E-state index contributed by atoms with van der Waals surface area (Å²) < 4.78 is 18.9. The average Bonchev–Trinajstić information content (AvgIpc) is 3.14. The van der Waals surface area contributed by atoms with Gasteiger partial charge in [0.15, 0.2) is 6.10 Å². The Hall–Kier alpha value is -2.99. The lowest BCUT2D eigenvalue weighted by Crippen LogP contribution is -2.30. The van der Waals surface area contributed by atoms with Gasteiger partial charge >= 0.3 is 5.97 Å². The Balaban J connectivity index is 1.70. The average molecular weight is 383 g/mol. The zero-order chi connectivity index (χ0) is 19.4. The highest BCUT2D eigenvalue weighted by Crippen LogP contribution is 2.29. The fraction of sp³-hybridized carbons (Fsp3) is 0.143. The second kappa shape index (κ2) is 8.14. The quantitative estimate of drug-likeness (QED) is 0.628. The van der Waals surface area contributed by atoms with Crippen molar-refractivity contribution in [3.05, 3.63) is 76.2 Å². The molecule has 0 spiro atoms. The van der Waals surface area contributed by atoms with Crippen LogP contribution in [0.15, 0.2) is 60.0 Å². The standard InChI is InChI=1S/C21H18FNO3S/c1-13-7-9-15(10-8-13)16-11-12-27-19(16)21(25)26-14(2)20(24)23-18-6-4-3-5-17(18)22/h3-12,14H,1-2H3,(H,23,24)/t14-/m1/s1. The molecule has 138 valence electrons. The number of carbonyl (C=O) groups excluding carboxylic acids is 2. The van der Waals surface area contributed by atoms with Crippen LogP contribution in [0.3, 0.4) is 0 Å². The molecule has 0 aliphatic rings. The van der Waals surface area contributed by atoms with Crippen LogP contribution in [0.4, 0.5) is 10.1 Å². The Kier molecular flexibility index (Phi) is 5.66. The third-order valence-corrected chi connectivity index (χ3v) is 4.89. The number of aryl methyl sites for hydroxylation is 1. The molecule has 6 heteroatoms. The number of nitrogens with one attached hydrogen (secondary N) is 1. The Bertz CT molecular complexity index is 966. The van der Waals surface area contributed by atoms with Gasteiger partial charge in [0.2, 0.25) is 0 Å². The second-order valence-electron chi connectivity index (χ2n) is 6.05. The van der Waals surface area contributed by atoms with Gasteiger partial charge in [-0.3, -0.25) is 4.79 Å². The van der Waals surface area contributed by atoms with Crippen molar-refractivity contribution in [1.82, 2.24) is 0 Å². The topological polar surface area (TPSA) is 55.4 Å². The molecule has 1 atom stereocenters. The van der Waals surface area contributed by atoms with Crippen LogP contribution in [0.2, 0.25) is 0 Å². The van der Waals surface area contributed by atoms with Crippen LogP contribution >= 0.6 is 11.3 Å². The summed E-state index contributed by atoms with van der Waals surface area (Å²) in [6, 6.07) is 15.5. The third kappa shape index (κ3) is 4.41. The fourth-order valence-electron chi connectivity index (χ4n) is 2.49. The summed E-state index contributed by atoms with van der Waals surface area (Å²) >= 11 is 1.25. The summed E-state index contributed by atoms with van der Waals surface area (Å²) in [4.78, 5) is 25.2. The number of carbonyl (C=O) groups is 2. The first kappa shape index (κ1) is 18.8. The van der Waals surface area contributed by atoms with Crippen LogP contribution < -0.4 is 5.32 Å². The number of hydrogen-bond acceptors (Lipinski definition) is 4. The molecule has 2 aromatic carbocycles. The number of para-hydroxylation sites is 1. The van der Waals surface area contributed by atoms with Crippen molar-refractivity contribution < 1.29 is 18.7 Å². The molecule has 1 amide bonds. The summed E-state index contributed by atoms with van der Waals surface area (Å²) in [6.45, 7) is 3.44. The Morgan fingerprint density at radius 1 is 1.07 bits per heavy atom. The molecule has 3 aromatic rings. The molecule has 3 rings (SSSR count). The monoisotopic (exact) mass is 383 g/mol. The summed E-state index contributed by atoms with van der Waals surface area (Å²) in [5.74, 6) is -1.73. The smallest absolute Gasteiger partial charge is 0.349 e. The fourth-order valence-corrected chi connectivity index (χ4v) is 3.29. The minimum absolute atomic E-state index is 0.0434. The van der Waals surface area contributed by atoms with E-state index in [2.05, 4.69) is 5.32 Å². The highest BCUT2D eigenvalue weighted by atomic mass is 32.1. The van der Waals surface area contributed by atoms with Crippen LogP contribution in [0.1, 0.15) is 22.2 Å². The van der Waals surface area contributed by atoms with Gasteiger partial charge in [-0.15, -0.1) is 11.3 Å². The molecule has 1 aromatic heterocycles. The van der Waals surface area contributed by atoms with Gasteiger partial charge in [0.1, 0.15) is 10.7 Å². The van der Waals surface area contributed by atoms with Gasteiger partial charge in [0, 0.05) is 5.56 Å². The summed E-state index contributed by atoms with van der Waals surface area (Å²) in [5.41, 5.74) is 2.82. The Morgan fingerprint density at radius 2 is 1.78 bits per heavy atom. The lowest BCUT2D eigenvalue weighted by Gasteiger charge is -2.14. The predicted molar refractivity (Wildman–Crippen MR) is 104 cm³/mol. The molecule has 0 bridgehead atoms. The van der Waals surface area contributed by atoms with E-state index in [1.807, 2.05) is 37.3 Å². The number of amides is 1. The van der Waals surface area contributed by atoms with Gasteiger partial charge in [-0.2, -0.15) is 0 Å². The number of anilines is 1. The molecule has 1 N–H and O–H groups in total. The minimum atomic E-state index is -1.06. The van der Waals surface area contributed by atoms with Crippen molar-refractivity contribution in [3.63, 3.8) is 0 Å². The maximum Gasteiger partial charge on any atom is 0.349 e. The van der Waals surface area contributed by atoms with E-state index in [0.717, 1.165) is 16.7 Å². The van der Waals surface area contributed by atoms with Crippen molar-refractivity contribution in [2.24, 2.45) is 0 Å². The first-order chi connectivity index (χ1) is 13.0. The lowest BCUT2D eigenvalue weighted by molar-refractivity contribution is -0.123. The molecule has 0 saturated heterocycles. The molecule has 1 heterocycles. The number of ether oxygens (including phenoxy) is 1. The minimum Gasteiger partial charge on any atom is -0.448 e. The van der Waals surface area contributed by atoms with Gasteiger partial charge in [0.25, 0.3) is 5.91 Å². The number of hydrogen-bond donors (Lipinski definition) is 1. The van der Waals surface area contributed by atoms with Crippen LogP contribution in [-0.4, -0.2) is 18.0 Å². The summed E-state index contributed by atoms with van der Waals surface area (Å²) in [5, 5.41) is 4.23. The van der Waals surface area contributed by atoms with Crippen LogP contribution in [0.5, 0.6) is 0 Å². The van der Waals surface area contributed by atoms with E-state index in [0.29, 0.717) is 4.88 Å². The maximum atomic E-state index is 13.6. The second-order valence-corrected chi connectivity index (χ2v) is 6.96. The van der Waals surface area contributed by atoms with Crippen LogP contribution in [0, 0.1) is 12.7 Å². The zero-order valence-corrected chi connectivity index (χ0v) is 15.7. The van der Waals surface area contributed by atoms with Gasteiger partial charge in [-0.05, 0) is 43.0 Å². The number of halogens is 1. The molecule has 0 radical (unpaired) electrons. The van der Waals surface area contributed by atoms with E-state index in [4.69, 9.17) is 4.74 Å². The summed E-state index contributed by atoms with van der Waals surface area (Å²) in [6.07, 6.45) is -1.06. The summed E-state index contributed by atoms with van der Waals surface area (Å²) in [7, 11) is 0. The third-order valence-electron chi connectivity index (χ3n) is 4.00. The SMILES string of the molecule is Cc1ccc(-c2ccsc2C(=O)O[C@H](C)C(=O)Nc2ccccc2F)cc1. The van der Waals surface area contributed by atoms with Crippen molar-refractivity contribution in [2.45, 2.75) is 20.0 Å². The first-order valence-electron chi connectivity index (χ1n) is 8.36. The van der Waals surface area contributed by atoms with Crippen molar-refractivity contribution in [2.75, 3.05) is 5.32 Å². The van der Waals surface area contributed by atoms with E-state index >= 15 is 0 Å². The predicted octanol–water partition coefficient (Wildman–Crippen LogP) is 5.05. The van der Waals surface area contributed by atoms with Crippen molar-refractivity contribution in [1.29, 1.82) is 0 Å². The van der Waals surface area contributed by atoms with Crippen LogP contribution in [-0.2, 0) is 9.53 Å². The van der Waals surface area contributed by atoms with Crippen molar-refractivity contribution in [3.8, 4) is 11.1 Å². The van der Waals surface area contributed by atoms with Crippen molar-refractivity contribution >= 4 is 28.9 Å². The normalized spacial score (nSPS) is 11.7. The highest BCUT2D eigenvalue weighted by molar-refractivity contribution is 7.12. The van der Waals surface area contributed by atoms with Gasteiger partial charge in [-0.25, -0.2) is 9.18 Å². The van der Waals surface area contributed by atoms with E-state index in [1.54, 1.807) is 11.4 Å². The van der Waals surface area contributed by atoms with Crippen LogP contribution in [0.25, 0.3) is 11.1 Å². The molecule has 0 aliphatic carbocycles. The molecule has 4 nitrogen and oxygen atoms in total. The maximum absolute atomic E-state index is 13.6.